The van der Waals surface area contributed by atoms with Crippen LogP contribution in [0.5, 0.6) is 5.75 Å². The van der Waals surface area contributed by atoms with Crippen LogP contribution in [-0.2, 0) is 9.59 Å². The molecule has 0 unspecified atom stereocenters. The molecule has 0 bridgehead atoms. The van der Waals surface area contributed by atoms with Crippen molar-refractivity contribution in [3.8, 4) is 5.75 Å². The number of anilines is 1. The van der Waals surface area contributed by atoms with E-state index in [1.165, 1.54) is 25.3 Å². The van der Waals surface area contributed by atoms with Crippen molar-refractivity contribution in [3.05, 3.63) is 28.3 Å². The Labute approximate surface area is 139 Å². The van der Waals surface area contributed by atoms with Gasteiger partial charge in [0.1, 0.15) is 5.75 Å². The zero-order chi connectivity index (χ0) is 17.7. The Morgan fingerprint density at radius 2 is 2.25 bits per heavy atom. The summed E-state index contributed by atoms with van der Waals surface area (Å²) in [5, 5.41) is 13.5. The number of ether oxygens (including phenoxy) is 1. The molecule has 24 heavy (non-hydrogen) atoms. The lowest BCUT2D eigenvalue weighted by Gasteiger charge is -2.16. The molecule has 0 aromatic heterocycles. The van der Waals surface area contributed by atoms with Crippen LogP contribution >= 0.6 is 0 Å². The van der Waals surface area contributed by atoms with Gasteiger partial charge in [-0.1, -0.05) is 13.3 Å². The van der Waals surface area contributed by atoms with E-state index in [2.05, 4.69) is 5.32 Å². The summed E-state index contributed by atoms with van der Waals surface area (Å²) < 4.78 is 5.10. The van der Waals surface area contributed by atoms with Gasteiger partial charge >= 0.3 is 0 Å². The molecule has 0 saturated carbocycles. The molecule has 8 nitrogen and oxygen atoms in total. The van der Waals surface area contributed by atoms with Crippen LogP contribution in [0.4, 0.5) is 11.4 Å². The van der Waals surface area contributed by atoms with Crippen LogP contribution in [0.2, 0.25) is 0 Å². The quantitative estimate of drug-likeness (QED) is 0.608. The normalized spacial score (nSPS) is 17.0. The highest BCUT2D eigenvalue weighted by atomic mass is 16.6. The summed E-state index contributed by atoms with van der Waals surface area (Å²) in [6.07, 6.45) is 2.09. The molecule has 1 aromatic carbocycles. The maximum absolute atomic E-state index is 12.4. The fourth-order valence-corrected chi connectivity index (χ4v) is 2.64. The number of amides is 2. The second-order valence-corrected chi connectivity index (χ2v) is 5.73. The summed E-state index contributed by atoms with van der Waals surface area (Å²) in [5.74, 6) is -0.507. The highest BCUT2D eigenvalue weighted by Crippen LogP contribution is 2.30. The van der Waals surface area contributed by atoms with Gasteiger partial charge in [-0.25, -0.2) is 0 Å². The highest BCUT2D eigenvalue weighted by molar-refractivity contribution is 5.98. The minimum Gasteiger partial charge on any atom is -0.494 e. The summed E-state index contributed by atoms with van der Waals surface area (Å²) in [4.78, 5) is 36.3. The van der Waals surface area contributed by atoms with E-state index < -0.39 is 10.8 Å². The van der Waals surface area contributed by atoms with Crippen molar-refractivity contribution in [2.45, 2.75) is 26.2 Å². The molecule has 1 fully saturated rings. The van der Waals surface area contributed by atoms with Crippen LogP contribution in [0, 0.1) is 16.0 Å². The molecule has 1 aliphatic rings. The fraction of sp³-hybridized carbons (Fsp3) is 0.500. The Morgan fingerprint density at radius 3 is 2.88 bits per heavy atom. The van der Waals surface area contributed by atoms with Crippen LogP contribution in [0.3, 0.4) is 0 Å². The number of likely N-dealkylation sites (tertiary alicyclic amines) is 1. The van der Waals surface area contributed by atoms with E-state index in [0.29, 0.717) is 18.8 Å². The van der Waals surface area contributed by atoms with Gasteiger partial charge in [0.05, 0.1) is 29.7 Å². The van der Waals surface area contributed by atoms with Gasteiger partial charge in [0.15, 0.2) is 0 Å². The maximum Gasteiger partial charge on any atom is 0.273 e. The van der Waals surface area contributed by atoms with Crippen LogP contribution in [0.25, 0.3) is 0 Å². The van der Waals surface area contributed by atoms with Crippen molar-refractivity contribution in [1.82, 2.24) is 4.90 Å². The fourth-order valence-electron chi connectivity index (χ4n) is 2.64. The summed E-state index contributed by atoms with van der Waals surface area (Å²) in [7, 11) is 1.38. The Kier molecular flexibility index (Phi) is 5.73. The Balaban J connectivity index is 2.05. The molecule has 2 amide bonds. The number of carbonyl (C=O) groups excluding carboxylic acids is 2. The molecule has 1 aromatic rings. The third kappa shape index (κ3) is 4.01. The van der Waals surface area contributed by atoms with E-state index in [1.807, 2.05) is 6.92 Å². The van der Waals surface area contributed by atoms with E-state index in [1.54, 1.807) is 4.90 Å². The monoisotopic (exact) mass is 335 g/mol. The SMILES string of the molecule is CCCCN1C[C@H](C(=O)Nc2ccc([N+](=O)[O-])cc2OC)CC1=O. The van der Waals surface area contributed by atoms with E-state index in [9.17, 15) is 19.7 Å². The molecule has 2 rings (SSSR count). The molecular formula is C16H21N3O5. The summed E-state index contributed by atoms with van der Waals surface area (Å²) in [5.41, 5.74) is 0.235. The number of benzene rings is 1. The first-order valence-electron chi connectivity index (χ1n) is 7.87. The van der Waals surface area contributed by atoms with Crippen LogP contribution in [0.15, 0.2) is 18.2 Å². The van der Waals surface area contributed by atoms with Crippen LogP contribution < -0.4 is 10.1 Å². The van der Waals surface area contributed by atoms with Gasteiger partial charge in [-0.2, -0.15) is 0 Å². The van der Waals surface area contributed by atoms with Gasteiger partial charge in [0.2, 0.25) is 11.8 Å². The van der Waals surface area contributed by atoms with Crippen molar-refractivity contribution in [1.29, 1.82) is 0 Å². The maximum atomic E-state index is 12.4. The van der Waals surface area contributed by atoms with E-state index in [4.69, 9.17) is 4.74 Å². The number of hydrogen-bond acceptors (Lipinski definition) is 5. The number of nitro benzene ring substituents is 1. The van der Waals surface area contributed by atoms with Crippen LogP contribution in [-0.4, -0.2) is 41.8 Å². The van der Waals surface area contributed by atoms with Crippen molar-refractivity contribution >= 4 is 23.2 Å². The van der Waals surface area contributed by atoms with Gasteiger partial charge in [0.25, 0.3) is 5.69 Å². The Hall–Kier alpha value is -2.64. The van der Waals surface area contributed by atoms with Gasteiger partial charge in [0, 0.05) is 25.6 Å². The molecule has 1 aliphatic heterocycles. The zero-order valence-electron chi connectivity index (χ0n) is 13.8. The predicted molar refractivity (Wildman–Crippen MR) is 87.9 cm³/mol. The zero-order valence-corrected chi connectivity index (χ0v) is 13.8. The third-order valence-electron chi connectivity index (χ3n) is 4.02. The third-order valence-corrected chi connectivity index (χ3v) is 4.02. The number of nitrogens with zero attached hydrogens (tertiary/aromatic N) is 2. The molecule has 1 N–H and O–H groups in total. The largest absolute Gasteiger partial charge is 0.494 e. The van der Waals surface area contributed by atoms with Crippen LogP contribution in [0.1, 0.15) is 26.2 Å². The minimum absolute atomic E-state index is 0.0146. The molecule has 1 saturated heterocycles. The minimum atomic E-state index is -0.532. The first-order chi connectivity index (χ1) is 11.5. The standard InChI is InChI=1S/C16H21N3O5/c1-3-4-7-18-10-11(8-15(18)20)16(21)17-13-6-5-12(19(22)23)9-14(13)24-2/h5-6,9,11H,3-4,7-8,10H2,1-2H3,(H,17,21)/t11-/m1/s1. The lowest BCUT2D eigenvalue weighted by atomic mass is 10.1. The Morgan fingerprint density at radius 1 is 1.50 bits per heavy atom. The number of unbranched alkanes of at least 4 members (excludes halogenated alkanes) is 1. The van der Waals surface area contributed by atoms with Crippen molar-refractivity contribution in [2.75, 3.05) is 25.5 Å². The number of carbonyl (C=O) groups is 2. The van der Waals surface area contributed by atoms with Gasteiger partial charge < -0.3 is 15.0 Å². The van der Waals surface area contributed by atoms with Crippen molar-refractivity contribution in [2.24, 2.45) is 5.92 Å². The smallest absolute Gasteiger partial charge is 0.273 e. The number of rotatable bonds is 7. The lowest BCUT2D eigenvalue weighted by molar-refractivity contribution is -0.384. The first kappa shape index (κ1) is 17.7. The summed E-state index contributed by atoms with van der Waals surface area (Å²) in [6, 6.07) is 3.98. The molecule has 0 aliphatic carbocycles. The van der Waals surface area contributed by atoms with E-state index in [-0.39, 0.29) is 29.7 Å². The van der Waals surface area contributed by atoms with E-state index >= 15 is 0 Å². The molecule has 1 atom stereocenters. The van der Waals surface area contributed by atoms with Gasteiger partial charge in [-0.15, -0.1) is 0 Å². The van der Waals surface area contributed by atoms with E-state index in [0.717, 1.165) is 12.8 Å². The average Bonchev–Trinajstić information content (AvgIpc) is 2.94. The number of non-ortho nitro benzene ring substituents is 1. The number of nitrogens with one attached hydrogen (secondary N) is 1. The van der Waals surface area contributed by atoms with Gasteiger partial charge in [-0.05, 0) is 12.5 Å². The van der Waals surface area contributed by atoms with Crippen molar-refractivity contribution < 1.29 is 19.2 Å². The highest BCUT2D eigenvalue weighted by Gasteiger charge is 2.34. The number of nitro groups is 1. The average molecular weight is 335 g/mol. The first-order valence-corrected chi connectivity index (χ1v) is 7.87. The van der Waals surface area contributed by atoms with Crippen molar-refractivity contribution in [3.63, 3.8) is 0 Å². The topological polar surface area (TPSA) is 102 Å². The summed E-state index contributed by atoms with van der Waals surface area (Å²) in [6.45, 7) is 3.12. The second kappa shape index (κ2) is 7.76. The van der Waals surface area contributed by atoms with Gasteiger partial charge in [-0.3, -0.25) is 19.7 Å². The summed E-state index contributed by atoms with van der Waals surface area (Å²) >= 11 is 0. The number of methoxy groups -OCH3 is 1. The Bertz CT molecular complexity index is 647. The lowest BCUT2D eigenvalue weighted by Crippen LogP contribution is -2.29. The molecule has 8 heteroatoms. The molecular weight excluding hydrogens is 314 g/mol. The number of hydrogen-bond donors (Lipinski definition) is 1. The molecule has 130 valence electrons. The molecule has 0 radical (unpaired) electrons. The molecule has 0 spiro atoms. The second-order valence-electron chi connectivity index (χ2n) is 5.73. The molecule has 1 heterocycles. The predicted octanol–water partition coefficient (Wildman–Crippen LogP) is 2.19.